The smallest absolute Gasteiger partial charge is 0.222 e. The van der Waals surface area contributed by atoms with Gasteiger partial charge < -0.3 is 19.7 Å². The van der Waals surface area contributed by atoms with Gasteiger partial charge in [0.2, 0.25) is 5.91 Å². The molecule has 0 saturated heterocycles. The summed E-state index contributed by atoms with van der Waals surface area (Å²) in [6, 6.07) is 14.7. The summed E-state index contributed by atoms with van der Waals surface area (Å²) >= 11 is 0. The fourth-order valence-corrected chi connectivity index (χ4v) is 7.05. The molecule has 0 saturated carbocycles. The lowest BCUT2D eigenvalue weighted by molar-refractivity contribution is -0.131. The van der Waals surface area contributed by atoms with Crippen molar-refractivity contribution in [3.63, 3.8) is 0 Å². The minimum Gasteiger partial charge on any atom is -0.454 e. The van der Waals surface area contributed by atoms with E-state index in [9.17, 15) is 9.90 Å². The number of aliphatic hydroxyl groups is 1. The Morgan fingerprint density at radius 2 is 1.90 bits per heavy atom. The molecule has 49 heavy (non-hydrogen) atoms. The van der Waals surface area contributed by atoms with Crippen LogP contribution in [0.1, 0.15) is 79.5 Å². The van der Waals surface area contributed by atoms with Crippen molar-refractivity contribution in [1.82, 2.24) is 24.6 Å². The minimum atomic E-state index is -2.82. The highest BCUT2D eigenvalue weighted by Gasteiger charge is 2.35. The molecule has 1 unspecified atom stereocenters. The SMILES string of the molecule is [2H]C([2H])([2H])n1nc2nc1-c1cc(ccc1F)Oc1c(F)cc3[nH]ccc3c1CCC(=O)N(C)CC(C)(C)CCCC2(C)c1cccc(CCCO)c1. The van der Waals surface area contributed by atoms with Crippen molar-refractivity contribution < 1.29 is 27.5 Å². The Kier molecular flexibility index (Phi) is 8.55. The van der Waals surface area contributed by atoms with Gasteiger partial charge in [-0.05, 0) is 79.8 Å². The van der Waals surface area contributed by atoms with Gasteiger partial charge in [0.25, 0.3) is 0 Å². The molecule has 0 aliphatic carbocycles. The fourth-order valence-electron chi connectivity index (χ4n) is 7.05. The van der Waals surface area contributed by atoms with Crippen molar-refractivity contribution in [2.75, 3.05) is 20.2 Å². The van der Waals surface area contributed by atoms with Gasteiger partial charge in [0.05, 0.1) is 11.0 Å². The summed E-state index contributed by atoms with van der Waals surface area (Å²) in [5.74, 6) is -1.59. The number of aliphatic hydroxyl groups excluding tert-OH is 1. The number of aromatic nitrogens is 4. The summed E-state index contributed by atoms with van der Waals surface area (Å²) in [4.78, 5) is 23.1. The summed E-state index contributed by atoms with van der Waals surface area (Å²) in [6.07, 6.45) is 5.13. The number of amides is 1. The highest BCUT2D eigenvalue weighted by atomic mass is 19.1. The molecule has 1 aliphatic heterocycles. The highest BCUT2D eigenvalue weighted by Crippen LogP contribution is 2.40. The maximum atomic E-state index is 15.8. The molecular weight excluding hydrogens is 624 g/mol. The molecule has 0 fully saturated rings. The molecule has 0 radical (unpaired) electrons. The van der Waals surface area contributed by atoms with Gasteiger partial charge >= 0.3 is 0 Å². The Balaban J connectivity index is 1.54. The van der Waals surface area contributed by atoms with E-state index >= 15 is 8.78 Å². The number of rotatable bonds is 4. The number of carbonyl (C=O) groups excluding carboxylic acids is 1. The number of benzene rings is 3. The van der Waals surface area contributed by atoms with E-state index in [0.717, 1.165) is 28.3 Å². The third-order valence-electron chi connectivity index (χ3n) is 9.76. The maximum Gasteiger partial charge on any atom is 0.222 e. The van der Waals surface area contributed by atoms with Gasteiger partial charge in [-0.15, -0.1) is 0 Å². The molecular formula is C39H45F2N5O3. The van der Waals surface area contributed by atoms with Crippen LogP contribution in [0.2, 0.25) is 0 Å². The molecule has 2 N–H and O–H groups in total. The first-order chi connectivity index (χ1) is 24.6. The van der Waals surface area contributed by atoms with Crippen LogP contribution in [0.15, 0.2) is 60.8 Å². The molecule has 3 aromatic carbocycles. The second-order valence-corrected chi connectivity index (χ2v) is 14.1. The number of hydrogen-bond acceptors (Lipinski definition) is 5. The highest BCUT2D eigenvalue weighted by molar-refractivity contribution is 5.86. The summed E-state index contributed by atoms with van der Waals surface area (Å²) in [7, 11) is 1.77. The van der Waals surface area contributed by atoms with Gasteiger partial charge in [-0.1, -0.05) is 44.5 Å². The van der Waals surface area contributed by atoms with Crippen LogP contribution >= 0.6 is 0 Å². The molecule has 8 nitrogen and oxygen atoms in total. The predicted molar refractivity (Wildman–Crippen MR) is 187 cm³/mol. The first-order valence-electron chi connectivity index (χ1n) is 18.3. The average Bonchev–Trinajstić information content (AvgIpc) is 3.75. The third kappa shape index (κ3) is 7.11. The first kappa shape index (κ1) is 30.5. The monoisotopic (exact) mass is 672 g/mol. The Hall–Kier alpha value is -4.57. The number of fused-ring (bicyclic) bond motifs is 8. The molecule has 1 atom stereocenters. The Bertz CT molecular complexity index is 2090. The van der Waals surface area contributed by atoms with Crippen LogP contribution in [-0.2, 0) is 30.0 Å². The molecule has 10 heteroatoms. The van der Waals surface area contributed by atoms with Crippen molar-refractivity contribution in [3.8, 4) is 22.9 Å². The number of nitrogens with zero attached hydrogens (tertiary/aromatic N) is 4. The molecule has 1 aliphatic rings. The Morgan fingerprint density at radius 1 is 1.06 bits per heavy atom. The van der Waals surface area contributed by atoms with Crippen LogP contribution in [0.4, 0.5) is 8.78 Å². The van der Waals surface area contributed by atoms with Crippen LogP contribution in [0.3, 0.4) is 0 Å². The second-order valence-electron chi connectivity index (χ2n) is 14.1. The third-order valence-corrected chi connectivity index (χ3v) is 9.76. The van der Waals surface area contributed by atoms with Crippen LogP contribution in [-0.4, -0.2) is 55.9 Å². The van der Waals surface area contributed by atoms with Gasteiger partial charge in [0.1, 0.15) is 11.6 Å². The summed E-state index contributed by atoms with van der Waals surface area (Å²) in [5, 5.41) is 14.7. The van der Waals surface area contributed by atoms with Gasteiger partial charge in [0.15, 0.2) is 23.2 Å². The normalized spacial score (nSPS) is 19.9. The summed E-state index contributed by atoms with van der Waals surface area (Å²) < 4.78 is 63.7. The minimum absolute atomic E-state index is 0.0461. The lowest BCUT2D eigenvalue weighted by Crippen LogP contribution is -2.36. The van der Waals surface area contributed by atoms with Crippen molar-refractivity contribution in [2.45, 2.75) is 71.1 Å². The number of aryl methyl sites for hydroxylation is 3. The number of H-pyrrole nitrogens is 1. The van der Waals surface area contributed by atoms with Gasteiger partial charge in [-0.2, -0.15) is 5.10 Å². The second kappa shape index (κ2) is 13.7. The van der Waals surface area contributed by atoms with Crippen LogP contribution in [0, 0.1) is 17.0 Å². The summed E-state index contributed by atoms with van der Waals surface area (Å²) in [6.45, 7) is 3.87. The average molecular weight is 673 g/mol. The number of hydrogen-bond donors (Lipinski definition) is 2. The molecule has 1 amide bonds. The Labute approximate surface area is 290 Å². The lowest BCUT2D eigenvalue weighted by atomic mass is 9.75. The Morgan fingerprint density at radius 3 is 2.69 bits per heavy atom. The van der Waals surface area contributed by atoms with Crippen molar-refractivity contribution >= 4 is 16.8 Å². The van der Waals surface area contributed by atoms with E-state index in [1.54, 1.807) is 24.2 Å². The van der Waals surface area contributed by atoms with Crippen molar-refractivity contribution in [1.29, 1.82) is 0 Å². The molecule has 3 heterocycles. The largest absolute Gasteiger partial charge is 0.454 e. The van der Waals surface area contributed by atoms with Gasteiger partial charge in [0, 0.05) is 66.4 Å². The first-order valence-corrected chi connectivity index (χ1v) is 16.8. The predicted octanol–water partition coefficient (Wildman–Crippen LogP) is 7.87. The van der Waals surface area contributed by atoms with E-state index in [1.165, 1.54) is 18.2 Å². The van der Waals surface area contributed by atoms with E-state index in [-0.39, 0.29) is 59.5 Å². The number of halogens is 2. The standard InChI is InChI=1S/C39H45F2N5O3/c1-38(2)17-8-18-39(3,26-11-6-9-25(21-26)10-7-20-47)37-43-36(46(5)44-37)30-22-27(12-14-31(30)40)49-35-29(13-15-34(48)45(4)24-38)28-16-19-42-33(28)23-32(35)41/h6,9,11-12,14,16,19,21-23,42,47H,7-8,10,13,15,17-18,20,24H2,1-5H3/i5D3. The van der Waals surface area contributed by atoms with E-state index < -0.39 is 24.0 Å². The molecule has 4 bridgehead atoms. The van der Waals surface area contributed by atoms with Crippen LogP contribution in [0.5, 0.6) is 11.5 Å². The molecule has 2 aromatic heterocycles. The molecule has 6 rings (SSSR count). The number of carbonyl (C=O) groups is 1. The van der Waals surface area contributed by atoms with E-state index in [0.29, 0.717) is 48.7 Å². The van der Waals surface area contributed by atoms with Crippen molar-refractivity contribution in [3.05, 3.63) is 94.9 Å². The van der Waals surface area contributed by atoms with Crippen LogP contribution in [0.25, 0.3) is 22.3 Å². The zero-order valence-electron chi connectivity index (χ0n) is 31.4. The zero-order chi connectivity index (χ0) is 37.4. The summed E-state index contributed by atoms with van der Waals surface area (Å²) in [5.41, 5.74) is 1.50. The number of nitrogens with one attached hydrogen (secondary N) is 1. The molecule has 258 valence electrons. The van der Waals surface area contributed by atoms with Crippen LogP contribution < -0.4 is 4.74 Å². The number of ether oxygens (including phenoxy) is 1. The molecule has 0 spiro atoms. The molecule has 5 aromatic rings. The maximum absolute atomic E-state index is 15.8. The number of aromatic amines is 1. The van der Waals surface area contributed by atoms with Gasteiger partial charge in [-0.3, -0.25) is 4.79 Å². The zero-order valence-corrected chi connectivity index (χ0v) is 28.4. The van der Waals surface area contributed by atoms with E-state index in [1.807, 2.05) is 31.2 Å². The van der Waals surface area contributed by atoms with E-state index in [4.69, 9.17) is 13.8 Å². The van der Waals surface area contributed by atoms with Crippen molar-refractivity contribution in [2.24, 2.45) is 12.4 Å². The fraction of sp³-hybridized carbons (Fsp3) is 0.410. The lowest BCUT2D eigenvalue weighted by Gasteiger charge is -2.33. The van der Waals surface area contributed by atoms with Gasteiger partial charge in [-0.25, -0.2) is 18.4 Å². The van der Waals surface area contributed by atoms with E-state index in [2.05, 4.69) is 23.9 Å². The topological polar surface area (TPSA) is 96.3 Å². The quantitative estimate of drug-likeness (QED) is 0.203.